The molecule has 0 atom stereocenters. The molecule has 0 spiro atoms. The van der Waals surface area contributed by atoms with E-state index in [0.717, 1.165) is 0 Å². The van der Waals surface area contributed by atoms with Crippen LogP contribution in [0.1, 0.15) is 0 Å². The molecule has 12 heavy (non-hydrogen) atoms. The van der Waals surface area contributed by atoms with Gasteiger partial charge < -0.3 is 0 Å². The second kappa shape index (κ2) is 3.43. The van der Waals surface area contributed by atoms with E-state index in [1.54, 1.807) is 12.1 Å². The minimum atomic E-state index is -3.59. The molecule has 0 bridgehead atoms. The molecule has 1 aromatic rings. The van der Waals surface area contributed by atoms with Gasteiger partial charge in [-0.05, 0) is 0 Å². The van der Waals surface area contributed by atoms with E-state index >= 15 is 0 Å². The van der Waals surface area contributed by atoms with Crippen LogP contribution in [0, 0.1) is 0 Å². The number of primary sulfonamides is 1. The molecule has 0 amide bonds. The molecule has 0 unspecified atom stereocenters. The van der Waals surface area contributed by atoms with Crippen LogP contribution < -0.4 is 9.54 Å². The normalized spacial score (nSPS) is 11.2. The second-order valence-electron chi connectivity index (χ2n) is 2.15. The Morgan fingerprint density at radius 1 is 1.25 bits per heavy atom. The van der Waals surface area contributed by atoms with Gasteiger partial charge in [-0.3, -0.25) is 0 Å². The average Bonchev–Trinajstić information content (AvgIpc) is 2.03. The van der Waals surface area contributed by atoms with Crippen LogP contribution in [0.3, 0.4) is 0 Å². The Morgan fingerprint density at radius 2 is 1.75 bits per heavy atom. The number of hydrogen-bond donors (Lipinski definition) is 2. The van der Waals surface area contributed by atoms with Crippen LogP contribution in [0.2, 0.25) is 0 Å². The van der Waals surface area contributed by atoms with Gasteiger partial charge in [-0.25, -0.2) is 0 Å². The molecule has 0 saturated heterocycles. The molecule has 0 aliphatic rings. The van der Waals surface area contributed by atoms with Crippen molar-refractivity contribution in [2.75, 3.05) is 4.40 Å². The fraction of sp³-hybridized carbons (Fsp3) is 0. The number of rotatable bonds is 2. The molecular formula is C6H7N2NiO2S. The summed E-state index contributed by atoms with van der Waals surface area (Å²) >= 11 is 4.25. The first-order chi connectivity index (χ1) is 5.54. The minimum absolute atomic E-state index is 0.0847. The Labute approximate surface area is 78.8 Å². The Balaban J connectivity index is 3.09. The molecule has 1 aromatic carbocycles. The van der Waals surface area contributed by atoms with Crippen LogP contribution in [0.15, 0.2) is 29.2 Å². The van der Waals surface area contributed by atoms with Crippen molar-refractivity contribution in [3.63, 3.8) is 0 Å². The van der Waals surface area contributed by atoms with Gasteiger partial charge in [0.05, 0.1) is 0 Å². The summed E-state index contributed by atoms with van der Waals surface area (Å²) in [6, 6.07) is 5.92. The summed E-state index contributed by atoms with van der Waals surface area (Å²) in [5.74, 6) is 0. The molecule has 0 aliphatic carbocycles. The molecule has 4 nitrogen and oxygen atoms in total. The predicted molar refractivity (Wildman–Crippen MR) is 41.4 cm³/mol. The van der Waals surface area contributed by atoms with Crippen molar-refractivity contribution in [1.82, 2.24) is 0 Å². The summed E-state index contributed by atoms with van der Waals surface area (Å²) < 4.78 is 24.0. The van der Waals surface area contributed by atoms with Crippen LogP contribution >= 0.6 is 0 Å². The monoisotopic (exact) mass is 229 g/mol. The molecule has 0 heterocycles. The quantitative estimate of drug-likeness (QED) is 0.713. The summed E-state index contributed by atoms with van der Waals surface area (Å²) in [4.78, 5) is 0.0847. The summed E-state index contributed by atoms with van der Waals surface area (Å²) in [7, 11) is -3.59. The molecule has 69 valence electrons. The Morgan fingerprint density at radius 3 is 2.08 bits per heavy atom. The molecule has 0 saturated carbocycles. The van der Waals surface area contributed by atoms with Gasteiger partial charge >= 0.3 is 78.5 Å². The Bertz CT molecular complexity index is 360. The van der Waals surface area contributed by atoms with E-state index in [1.807, 2.05) is 0 Å². The zero-order valence-electron chi connectivity index (χ0n) is 5.93. The van der Waals surface area contributed by atoms with Gasteiger partial charge in [0.15, 0.2) is 0 Å². The molecule has 0 aliphatic heterocycles. The molecule has 0 aromatic heterocycles. The van der Waals surface area contributed by atoms with Gasteiger partial charge in [0.1, 0.15) is 0 Å². The summed E-state index contributed by atoms with van der Waals surface area (Å²) in [5, 5.41) is 4.88. The van der Waals surface area contributed by atoms with Crippen LogP contribution in [0.5, 0.6) is 0 Å². The van der Waals surface area contributed by atoms with Gasteiger partial charge in [-0.2, -0.15) is 0 Å². The summed E-state index contributed by atoms with van der Waals surface area (Å²) in [5.41, 5.74) is 0.683. The molecule has 1 rings (SSSR count). The first-order valence-electron chi connectivity index (χ1n) is 3.00. The maximum absolute atomic E-state index is 10.8. The van der Waals surface area contributed by atoms with E-state index in [2.05, 4.69) is 20.1 Å². The third kappa shape index (κ3) is 2.20. The van der Waals surface area contributed by atoms with Crippen molar-refractivity contribution < 1.29 is 24.1 Å². The van der Waals surface area contributed by atoms with Crippen LogP contribution in [-0.2, 0) is 25.7 Å². The van der Waals surface area contributed by atoms with Gasteiger partial charge in [0.25, 0.3) is 0 Å². The van der Waals surface area contributed by atoms with Gasteiger partial charge in [0.2, 0.25) is 0 Å². The molecule has 0 fully saturated rings. The van der Waals surface area contributed by atoms with Gasteiger partial charge in [0, 0.05) is 0 Å². The van der Waals surface area contributed by atoms with Crippen LogP contribution in [0.25, 0.3) is 0 Å². The van der Waals surface area contributed by atoms with Crippen molar-refractivity contribution >= 4 is 15.7 Å². The van der Waals surface area contributed by atoms with Crippen LogP contribution in [0.4, 0.5) is 5.69 Å². The van der Waals surface area contributed by atoms with Crippen molar-refractivity contribution in [1.29, 1.82) is 0 Å². The molecular weight excluding hydrogens is 223 g/mol. The Hall–Kier alpha value is -0.576. The first kappa shape index (κ1) is 9.51. The number of nitrogens with one attached hydrogen (secondary N) is 1. The SMILES string of the molecule is NS(=O)(=O)c1ccc([NH][Ni])cc1. The average molecular weight is 230 g/mol. The topological polar surface area (TPSA) is 72.2 Å². The van der Waals surface area contributed by atoms with Crippen molar-refractivity contribution in [2.24, 2.45) is 5.14 Å². The van der Waals surface area contributed by atoms with Crippen LogP contribution in [-0.4, -0.2) is 8.42 Å². The third-order valence-corrected chi connectivity index (χ3v) is 2.49. The predicted octanol–water partition coefficient (Wildman–Crippen LogP) is 0.208. The summed E-state index contributed by atoms with van der Waals surface area (Å²) in [6.07, 6.45) is 0. The van der Waals surface area contributed by atoms with E-state index in [0.29, 0.717) is 5.69 Å². The molecule has 6 heteroatoms. The fourth-order valence-electron chi connectivity index (χ4n) is 0.697. The number of hydrogen-bond acceptors (Lipinski definition) is 3. The zero-order chi connectivity index (χ0) is 9.19. The van der Waals surface area contributed by atoms with Crippen molar-refractivity contribution in [3.05, 3.63) is 24.3 Å². The number of sulfonamides is 1. The maximum atomic E-state index is 10.8. The number of benzene rings is 1. The molecule has 3 N–H and O–H groups in total. The first-order valence-corrected chi connectivity index (χ1v) is 5.04. The van der Waals surface area contributed by atoms with E-state index in [4.69, 9.17) is 5.14 Å². The van der Waals surface area contributed by atoms with E-state index < -0.39 is 10.0 Å². The van der Waals surface area contributed by atoms with E-state index in [9.17, 15) is 8.42 Å². The fourth-order valence-corrected chi connectivity index (χ4v) is 1.38. The standard InChI is InChI=1S/C6H7N2O2S.Ni/c7-5-1-3-6(4-2-5)11(8,9)10;/h1-4,7H,(H2,8,9,10);/q-1;+1. The van der Waals surface area contributed by atoms with Gasteiger partial charge in [-0.15, -0.1) is 0 Å². The van der Waals surface area contributed by atoms with E-state index in [1.165, 1.54) is 12.1 Å². The van der Waals surface area contributed by atoms with E-state index in [-0.39, 0.29) is 4.90 Å². The van der Waals surface area contributed by atoms with Crippen molar-refractivity contribution in [3.8, 4) is 0 Å². The van der Waals surface area contributed by atoms with Crippen molar-refractivity contribution in [2.45, 2.75) is 4.90 Å². The third-order valence-electron chi connectivity index (χ3n) is 1.27. The Kier molecular flexibility index (Phi) is 2.72. The number of nitrogens with two attached hydrogens (primary N) is 1. The molecule has 0 radical (unpaired) electrons. The number of anilines is 1. The zero-order valence-corrected chi connectivity index (χ0v) is 7.73. The van der Waals surface area contributed by atoms with Gasteiger partial charge in [-0.1, -0.05) is 0 Å². The second-order valence-corrected chi connectivity index (χ2v) is 3.96. The summed E-state index contributed by atoms with van der Waals surface area (Å²) in [6.45, 7) is 0.